The van der Waals surface area contributed by atoms with Gasteiger partial charge in [-0.25, -0.2) is 4.98 Å². The SMILES string of the molecule is COc1ccc(-c2cnn3c(NCCCN4CCOCC4)ccnc23)cc1OC. The van der Waals surface area contributed by atoms with Crippen LogP contribution in [0.5, 0.6) is 11.5 Å². The average Bonchev–Trinajstić information content (AvgIpc) is 3.22. The van der Waals surface area contributed by atoms with Crippen molar-refractivity contribution < 1.29 is 14.2 Å². The predicted octanol–water partition coefficient (Wildman–Crippen LogP) is 2.55. The van der Waals surface area contributed by atoms with Crippen molar-refractivity contribution >= 4 is 11.5 Å². The zero-order valence-corrected chi connectivity index (χ0v) is 16.9. The second kappa shape index (κ2) is 9.11. The Morgan fingerprint density at radius 1 is 1.10 bits per heavy atom. The van der Waals surface area contributed by atoms with Crippen molar-refractivity contribution in [2.75, 3.05) is 58.9 Å². The number of nitrogens with zero attached hydrogens (tertiary/aromatic N) is 4. The van der Waals surface area contributed by atoms with E-state index in [0.29, 0.717) is 11.5 Å². The van der Waals surface area contributed by atoms with Crippen molar-refractivity contribution in [3.63, 3.8) is 0 Å². The van der Waals surface area contributed by atoms with E-state index in [-0.39, 0.29) is 0 Å². The van der Waals surface area contributed by atoms with E-state index < -0.39 is 0 Å². The highest BCUT2D eigenvalue weighted by molar-refractivity contribution is 5.79. The van der Waals surface area contributed by atoms with Gasteiger partial charge in [-0.15, -0.1) is 0 Å². The lowest BCUT2D eigenvalue weighted by molar-refractivity contribution is 0.0378. The second-order valence-electron chi connectivity index (χ2n) is 6.93. The fourth-order valence-electron chi connectivity index (χ4n) is 3.58. The first-order valence-corrected chi connectivity index (χ1v) is 9.89. The minimum atomic E-state index is 0.682. The number of anilines is 1. The van der Waals surface area contributed by atoms with Gasteiger partial charge in [0.2, 0.25) is 0 Å². The molecule has 0 amide bonds. The molecule has 29 heavy (non-hydrogen) atoms. The molecule has 1 aromatic carbocycles. The molecule has 3 aromatic rings. The van der Waals surface area contributed by atoms with Crippen LogP contribution in [0.4, 0.5) is 5.82 Å². The Hall–Kier alpha value is -2.84. The first kappa shape index (κ1) is 19.5. The van der Waals surface area contributed by atoms with Crippen LogP contribution in [0.25, 0.3) is 16.8 Å². The Bertz CT molecular complexity index is 953. The van der Waals surface area contributed by atoms with E-state index in [1.54, 1.807) is 14.2 Å². The summed E-state index contributed by atoms with van der Waals surface area (Å²) in [5.74, 6) is 2.31. The Kier molecular flexibility index (Phi) is 6.12. The van der Waals surface area contributed by atoms with Gasteiger partial charge in [-0.2, -0.15) is 9.61 Å². The topological polar surface area (TPSA) is 73.2 Å². The molecule has 0 radical (unpaired) electrons. The minimum Gasteiger partial charge on any atom is -0.493 e. The smallest absolute Gasteiger partial charge is 0.165 e. The van der Waals surface area contributed by atoms with E-state index in [2.05, 4.69) is 20.3 Å². The third-order valence-corrected chi connectivity index (χ3v) is 5.16. The molecular weight excluding hydrogens is 370 g/mol. The normalized spacial score (nSPS) is 14.8. The third-order valence-electron chi connectivity index (χ3n) is 5.16. The summed E-state index contributed by atoms with van der Waals surface area (Å²) in [5.41, 5.74) is 2.73. The molecule has 1 N–H and O–H groups in total. The van der Waals surface area contributed by atoms with E-state index in [4.69, 9.17) is 14.2 Å². The van der Waals surface area contributed by atoms with Crippen molar-refractivity contribution in [3.05, 3.63) is 36.7 Å². The lowest BCUT2D eigenvalue weighted by Gasteiger charge is -2.26. The lowest BCUT2D eigenvalue weighted by Crippen LogP contribution is -2.37. The first-order valence-electron chi connectivity index (χ1n) is 9.89. The van der Waals surface area contributed by atoms with Crippen LogP contribution in [0.3, 0.4) is 0 Å². The quantitative estimate of drug-likeness (QED) is 0.586. The Labute approximate surface area is 170 Å². The number of methoxy groups -OCH3 is 2. The van der Waals surface area contributed by atoms with Gasteiger partial charge in [0.15, 0.2) is 17.1 Å². The number of morpholine rings is 1. The number of rotatable bonds is 8. The largest absolute Gasteiger partial charge is 0.493 e. The average molecular weight is 397 g/mol. The molecule has 4 rings (SSSR count). The van der Waals surface area contributed by atoms with Crippen LogP contribution in [-0.2, 0) is 4.74 Å². The van der Waals surface area contributed by atoms with Crippen molar-refractivity contribution in [2.45, 2.75) is 6.42 Å². The molecule has 0 aliphatic carbocycles. The van der Waals surface area contributed by atoms with Crippen LogP contribution in [0.1, 0.15) is 6.42 Å². The van der Waals surface area contributed by atoms with E-state index in [0.717, 1.165) is 68.4 Å². The molecule has 0 unspecified atom stereocenters. The maximum absolute atomic E-state index is 5.43. The van der Waals surface area contributed by atoms with Gasteiger partial charge >= 0.3 is 0 Å². The Morgan fingerprint density at radius 3 is 2.72 bits per heavy atom. The summed E-state index contributed by atoms with van der Waals surface area (Å²) in [6, 6.07) is 7.78. The molecule has 0 atom stereocenters. The predicted molar refractivity (Wildman–Crippen MR) is 112 cm³/mol. The van der Waals surface area contributed by atoms with Crippen LogP contribution in [0, 0.1) is 0 Å². The summed E-state index contributed by atoms with van der Waals surface area (Å²) in [6.45, 7) is 5.67. The zero-order valence-electron chi connectivity index (χ0n) is 16.9. The second-order valence-corrected chi connectivity index (χ2v) is 6.93. The number of aromatic nitrogens is 3. The highest BCUT2D eigenvalue weighted by atomic mass is 16.5. The molecule has 1 aliphatic heterocycles. The summed E-state index contributed by atoms with van der Waals surface area (Å²) >= 11 is 0. The standard InChI is InChI=1S/C21H27N5O3/c1-27-18-5-4-16(14-19(18)28-2)17-15-24-26-20(6-8-23-21(17)26)22-7-3-9-25-10-12-29-13-11-25/h4-6,8,14-15,22H,3,7,9-13H2,1-2H3. The summed E-state index contributed by atoms with van der Waals surface area (Å²) < 4.78 is 18.0. The summed E-state index contributed by atoms with van der Waals surface area (Å²) in [7, 11) is 3.26. The van der Waals surface area contributed by atoms with Crippen LogP contribution in [-0.4, -0.2) is 73.1 Å². The summed E-state index contributed by atoms with van der Waals surface area (Å²) in [4.78, 5) is 6.99. The Balaban J connectivity index is 1.48. The maximum atomic E-state index is 5.43. The molecule has 154 valence electrons. The number of hydrogen-bond acceptors (Lipinski definition) is 7. The fourth-order valence-corrected chi connectivity index (χ4v) is 3.58. The van der Waals surface area contributed by atoms with Crippen molar-refractivity contribution in [2.24, 2.45) is 0 Å². The molecular formula is C21H27N5O3. The van der Waals surface area contributed by atoms with E-state index >= 15 is 0 Å². The number of hydrogen-bond donors (Lipinski definition) is 1. The van der Waals surface area contributed by atoms with Crippen molar-refractivity contribution in [1.29, 1.82) is 0 Å². The van der Waals surface area contributed by atoms with Gasteiger partial charge in [0.05, 0.1) is 33.6 Å². The van der Waals surface area contributed by atoms with Gasteiger partial charge < -0.3 is 19.5 Å². The van der Waals surface area contributed by atoms with E-state index in [1.807, 2.05) is 41.2 Å². The van der Waals surface area contributed by atoms with Crippen LogP contribution in [0.15, 0.2) is 36.7 Å². The van der Waals surface area contributed by atoms with Gasteiger partial charge in [0, 0.05) is 31.4 Å². The molecule has 1 saturated heterocycles. The van der Waals surface area contributed by atoms with Gasteiger partial charge in [-0.05, 0) is 36.7 Å². The Morgan fingerprint density at radius 2 is 1.93 bits per heavy atom. The number of fused-ring (bicyclic) bond motifs is 1. The van der Waals surface area contributed by atoms with Gasteiger partial charge in [0.1, 0.15) is 5.82 Å². The summed E-state index contributed by atoms with van der Waals surface area (Å²) in [5, 5.41) is 8.04. The molecule has 1 aliphatic rings. The van der Waals surface area contributed by atoms with Crippen LogP contribution < -0.4 is 14.8 Å². The summed E-state index contributed by atoms with van der Waals surface area (Å²) in [6.07, 6.45) is 4.71. The molecule has 8 heteroatoms. The first-order chi connectivity index (χ1) is 14.3. The van der Waals surface area contributed by atoms with E-state index in [9.17, 15) is 0 Å². The minimum absolute atomic E-state index is 0.682. The monoisotopic (exact) mass is 397 g/mol. The highest BCUT2D eigenvalue weighted by Crippen LogP contribution is 2.33. The molecule has 8 nitrogen and oxygen atoms in total. The number of ether oxygens (including phenoxy) is 3. The number of benzene rings is 1. The van der Waals surface area contributed by atoms with Crippen molar-refractivity contribution in [3.8, 4) is 22.6 Å². The molecule has 0 bridgehead atoms. The molecule has 1 fully saturated rings. The fraction of sp³-hybridized carbons (Fsp3) is 0.429. The van der Waals surface area contributed by atoms with Gasteiger partial charge in [0.25, 0.3) is 0 Å². The third kappa shape index (κ3) is 4.28. The van der Waals surface area contributed by atoms with Crippen LogP contribution in [0.2, 0.25) is 0 Å². The zero-order chi connectivity index (χ0) is 20.1. The van der Waals surface area contributed by atoms with Crippen LogP contribution >= 0.6 is 0 Å². The van der Waals surface area contributed by atoms with Gasteiger partial charge in [-0.1, -0.05) is 6.07 Å². The lowest BCUT2D eigenvalue weighted by atomic mass is 10.1. The molecule has 0 spiro atoms. The molecule has 2 aromatic heterocycles. The van der Waals surface area contributed by atoms with E-state index in [1.165, 1.54) is 0 Å². The highest BCUT2D eigenvalue weighted by Gasteiger charge is 2.14. The number of nitrogens with one attached hydrogen (secondary N) is 1. The maximum Gasteiger partial charge on any atom is 0.165 e. The van der Waals surface area contributed by atoms with Gasteiger partial charge in [-0.3, -0.25) is 4.90 Å². The molecule has 3 heterocycles. The molecule has 0 saturated carbocycles. The van der Waals surface area contributed by atoms with Crippen molar-refractivity contribution in [1.82, 2.24) is 19.5 Å².